The smallest absolute Gasteiger partial charge is 0.0369 e. The Kier molecular flexibility index (Phi) is 3.53. The fraction of sp³-hybridized carbons (Fsp3) is 0.647. The van der Waals surface area contributed by atoms with Crippen molar-refractivity contribution in [1.82, 2.24) is 5.32 Å². The summed E-state index contributed by atoms with van der Waals surface area (Å²) in [5.74, 6) is 0. The van der Waals surface area contributed by atoms with E-state index in [1.807, 2.05) is 0 Å². The highest BCUT2D eigenvalue weighted by Crippen LogP contribution is 2.28. The summed E-state index contributed by atoms with van der Waals surface area (Å²) in [4.78, 5) is 2.59. The van der Waals surface area contributed by atoms with Crippen molar-refractivity contribution in [3.63, 3.8) is 0 Å². The molecule has 1 aromatic rings. The normalized spacial score (nSPS) is 27.2. The largest absolute Gasteiger partial charge is 0.370 e. The van der Waals surface area contributed by atoms with Crippen molar-refractivity contribution >= 4 is 5.69 Å². The van der Waals surface area contributed by atoms with E-state index in [0.29, 0.717) is 0 Å². The highest BCUT2D eigenvalue weighted by Gasteiger charge is 2.27. The molecule has 1 unspecified atom stereocenters. The van der Waals surface area contributed by atoms with Crippen LogP contribution in [-0.2, 0) is 12.8 Å². The Morgan fingerprint density at radius 3 is 2.89 bits per heavy atom. The van der Waals surface area contributed by atoms with Gasteiger partial charge >= 0.3 is 0 Å². The number of rotatable bonds is 2. The Morgan fingerprint density at radius 2 is 2.05 bits per heavy atom. The Hall–Kier alpha value is -1.02. The third-order valence-electron chi connectivity index (χ3n) is 4.92. The van der Waals surface area contributed by atoms with Gasteiger partial charge in [0.2, 0.25) is 0 Å². The Labute approximate surface area is 117 Å². The predicted octanol–water partition coefficient (Wildman–Crippen LogP) is 3.14. The molecule has 0 radical (unpaired) electrons. The third-order valence-corrected chi connectivity index (χ3v) is 4.92. The van der Waals surface area contributed by atoms with Gasteiger partial charge in [-0.05, 0) is 68.8 Å². The zero-order valence-electron chi connectivity index (χ0n) is 12.3. The van der Waals surface area contributed by atoms with Crippen LogP contribution in [0.15, 0.2) is 18.2 Å². The van der Waals surface area contributed by atoms with Gasteiger partial charge in [0.1, 0.15) is 0 Å². The number of nitrogens with zero attached hydrogens (tertiary/aromatic N) is 1. The Morgan fingerprint density at radius 1 is 1.21 bits per heavy atom. The zero-order valence-corrected chi connectivity index (χ0v) is 12.3. The molecule has 0 saturated carbocycles. The maximum atomic E-state index is 3.72. The lowest BCUT2D eigenvalue weighted by Crippen LogP contribution is -2.48. The van der Waals surface area contributed by atoms with E-state index in [2.05, 4.69) is 42.3 Å². The first kappa shape index (κ1) is 13.0. The van der Waals surface area contributed by atoms with E-state index < -0.39 is 0 Å². The molecule has 3 rings (SSSR count). The number of nitrogens with one attached hydrogen (secondary N) is 1. The van der Waals surface area contributed by atoms with Gasteiger partial charge in [-0.1, -0.05) is 13.0 Å². The number of hydrogen-bond acceptors (Lipinski definition) is 2. The second-order valence-electron chi connectivity index (χ2n) is 6.42. The number of aryl methyl sites for hydroxylation is 2. The van der Waals surface area contributed by atoms with Gasteiger partial charge in [-0.3, -0.25) is 0 Å². The summed E-state index contributed by atoms with van der Waals surface area (Å²) < 4.78 is 0. The predicted molar refractivity (Wildman–Crippen MR) is 82.0 cm³/mol. The molecule has 1 heterocycles. The summed E-state index contributed by atoms with van der Waals surface area (Å²) in [6, 6.07) is 7.15. The van der Waals surface area contributed by atoms with E-state index in [0.717, 1.165) is 13.1 Å². The van der Waals surface area contributed by atoms with Crippen molar-refractivity contribution in [2.75, 3.05) is 24.5 Å². The molecule has 1 saturated heterocycles. The summed E-state index contributed by atoms with van der Waals surface area (Å²) in [5.41, 5.74) is 4.86. The molecule has 0 bridgehead atoms. The lowest BCUT2D eigenvalue weighted by molar-refractivity contribution is 0.366. The van der Waals surface area contributed by atoms with E-state index in [-0.39, 0.29) is 5.54 Å². The van der Waals surface area contributed by atoms with Crippen molar-refractivity contribution in [3.8, 4) is 0 Å². The molecule has 104 valence electrons. The Balaban J connectivity index is 1.84. The second kappa shape index (κ2) is 5.16. The molecule has 2 heteroatoms. The molecule has 1 aliphatic heterocycles. The van der Waals surface area contributed by atoms with E-state index >= 15 is 0 Å². The van der Waals surface area contributed by atoms with Crippen LogP contribution in [0.1, 0.15) is 44.2 Å². The van der Waals surface area contributed by atoms with Crippen LogP contribution >= 0.6 is 0 Å². The molecule has 2 aliphatic rings. The van der Waals surface area contributed by atoms with Gasteiger partial charge in [-0.2, -0.15) is 0 Å². The van der Waals surface area contributed by atoms with Crippen LogP contribution in [0.25, 0.3) is 0 Å². The lowest BCUT2D eigenvalue weighted by atomic mass is 9.98. The molecule has 2 nitrogen and oxygen atoms in total. The van der Waals surface area contributed by atoms with Gasteiger partial charge in [-0.15, -0.1) is 0 Å². The van der Waals surface area contributed by atoms with Crippen LogP contribution in [0.2, 0.25) is 0 Å². The van der Waals surface area contributed by atoms with Gasteiger partial charge in [0, 0.05) is 24.3 Å². The van der Waals surface area contributed by atoms with Crippen molar-refractivity contribution in [1.29, 1.82) is 0 Å². The summed E-state index contributed by atoms with van der Waals surface area (Å²) >= 11 is 0. The molecule has 1 aliphatic carbocycles. The van der Waals surface area contributed by atoms with Crippen LogP contribution in [0, 0.1) is 0 Å². The highest BCUT2D eigenvalue weighted by atomic mass is 15.2. The fourth-order valence-corrected chi connectivity index (χ4v) is 3.43. The van der Waals surface area contributed by atoms with Crippen molar-refractivity contribution in [2.24, 2.45) is 0 Å². The maximum Gasteiger partial charge on any atom is 0.0369 e. The Bertz CT molecular complexity index is 455. The zero-order chi connectivity index (χ0) is 13.3. The minimum Gasteiger partial charge on any atom is -0.370 e. The molecule has 0 amide bonds. The minimum absolute atomic E-state index is 0.259. The first-order valence-corrected chi connectivity index (χ1v) is 7.82. The van der Waals surface area contributed by atoms with Gasteiger partial charge in [0.25, 0.3) is 0 Å². The molecule has 1 atom stereocenters. The summed E-state index contributed by atoms with van der Waals surface area (Å²) in [6.45, 7) is 8.10. The van der Waals surface area contributed by atoms with Crippen LogP contribution in [0.3, 0.4) is 0 Å². The van der Waals surface area contributed by atoms with Gasteiger partial charge in [-0.25, -0.2) is 0 Å². The molecular formula is C17H26N2. The van der Waals surface area contributed by atoms with E-state index in [1.54, 1.807) is 11.1 Å². The molecule has 1 aromatic carbocycles. The monoisotopic (exact) mass is 258 g/mol. The molecular weight excluding hydrogens is 232 g/mol. The van der Waals surface area contributed by atoms with Crippen LogP contribution in [-0.4, -0.2) is 25.2 Å². The summed E-state index contributed by atoms with van der Waals surface area (Å²) in [7, 11) is 0. The first-order valence-electron chi connectivity index (χ1n) is 7.82. The average Bonchev–Trinajstić information content (AvgIpc) is 2.80. The van der Waals surface area contributed by atoms with Gasteiger partial charge in [0.15, 0.2) is 0 Å². The molecule has 0 aromatic heterocycles. The van der Waals surface area contributed by atoms with Crippen molar-refractivity contribution in [2.45, 2.75) is 51.5 Å². The van der Waals surface area contributed by atoms with Crippen LogP contribution in [0.5, 0.6) is 0 Å². The maximum absolute atomic E-state index is 3.72. The van der Waals surface area contributed by atoms with Crippen LogP contribution < -0.4 is 10.2 Å². The number of fused-ring (bicyclic) bond motifs is 1. The summed E-state index contributed by atoms with van der Waals surface area (Å²) in [5, 5.41) is 3.72. The van der Waals surface area contributed by atoms with Gasteiger partial charge < -0.3 is 10.2 Å². The topological polar surface area (TPSA) is 15.3 Å². The van der Waals surface area contributed by atoms with Crippen molar-refractivity contribution < 1.29 is 0 Å². The molecule has 19 heavy (non-hydrogen) atoms. The van der Waals surface area contributed by atoms with Crippen LogP contribution in [0.4, 0.5) is 5.69 Å². The standard InChI is InChI=1S/C17H26N2/c1-3-17(2)13-19(11-5-10-18-17)16-9-8-14-6-4-7-15(14)12-16/h8-9,12,18H,3-7,10-11,13H2,1-2H3. The second-order valence-corrected chi connectivity index (χ2v) is 6.42. The van der Waals surface area contributed by atoms with E-state index in [4.69, 9.17) is 0 Å². The molecule has 1 N–H and O–H groups in total. The minimum atomic E-state index is 0.259. The number of anilines is 1. The molecule has 1 fully saturated rings. The quantitative estimate of drug-likeness (QED) is 0.876. The van der Waals surface area contributed by atoms with E-state index in [1.165, 1.54) is 44.3 Å². The number of hydrogen-bond donors (Lipinski definition) is 1. The average molecular weight is 258 g/mol. The van der Waals surface area contributed by atoms with Gasteiger partial charge in [0.05, 0.1) is 0 Å². The SMILES string of the molecule is CCC1(C)CN(c2ccc3c(c2)CCC3)CCCN1. The van der Waals surface area contributed by atoms with Crippen molar-refractivity contribution in [3.05, 3.63) is 29.3 Å². The summed E-state index contributed by atoms with van der Waals surface area (Å²) in [6.07, 6.45) is 6.33. The lowest BCUT2D eigenvalue weighted by Gasteiger charge is -2.34. The third kappa shape index (κ3) is 2.64. The first-order chi connectivity index (χ1) is 9.20. The molecule has 0 spiro atoms. The van der Waals surface area contributed by atoms with E-state index in [9.17, 15) is 0 Å². The number of benzene rings is 1. The fourth-order valence-electron chi connectivity index (χ4n) is 3.43. The highest BCUT2D eigenvalue weighted by molar-refractivity contribution is 5.52.